The van der Waals surface area contributed by atoms with Crippen molar-refractivity contribution in [3.8, 4) is 0 Å². The summed E-state index contributed by atoms with van der Waals surface area (Å²) in [7, 11) is 0. The summed E-state index contributed by atoms with van der Waals surface area (Å²) in [6, 6.07) is 5.37. The van der Waals surface area contributed by atoms with Crippen LogP contribution in [0.4, 0.5) is 5.69 Å². The van der Waals surface area contributed by atoms with Gasteiger partial charge in [-0.1, -0.05) is 23.2 Å². The number of thiocarbonyl (C=S) groups is 1. The molecule has 0 saturated carbocycles. The van der Waals surface area contributed by atoms with Crippen molar-refractivity contribution in [3.63, 3.8) is 0 Å². The number of benzene rings is 1. The molecule has 104 valence electrons. The second-order valence-electron chi connectivity index (χ2n) is 4.72. The lowest BCUT2D eigenvalue weighted by atomic mass is 10.2. The quantitative estimate of drug-likeness (QED) is 0.796. The van der Waals surface area contributed by atoms with Gasteiger partial charge in [0.2, 0.25) is 0 Å². The second kappa shape index (κ2) is 6.27. The fourth-order valence-corrected chi connectivity index (χ4v) is 2.69. The molecule has 0 bridgehead atoms. The number of ether oxygens (including phenoxy) is 1. The SMILES string of the molecule is CC1CN(C(=S)Nc2ccc(Cl)c(Cl)c2)CC(C)O1. The minimum atomic E-state index is 0.178. The molecular formula is C13H16Cl2N2OS. The lowest BCUT2D eigenvalue weighted by Gasteiger charge is -2.36. The first-order chi connectivity index (χ1) is 8.95. The number of nitrogens with one attached hydrogen (secondary N) is 1. The summed E-state index contributed by atoms with van der Waals surface area (Å²) in [6.45, 7) is 5.67. The van der Waals surface area contributed by atoms with E-state index >= 15 is 0 Å². The van der Waals surface area contributed by atoms with E-state index in [1.165, 1.54) is 0 Å². The number of morpholine rings is 1. The predicted molar refractivity (Wildman–Crippen MR) is 84.3 cm³/mol. The third-order valence-electron chi connectivity index (χ3n) is 2.88. The summed E-state index contributed by atoms with van der Waals surface area (Å²) in [5.74, 6) is 0. The summed E-state index contributed by atoms with van der Waals surface area (Å²) in [5, 5.41) is 4.91. The van der Waals surface area contributed by atoms with Crippen molar-refractivity contribution >= 4 is 46.2 Å². The summed E-state index contributed by atoms with van der Waals surface area (Å²) in [4.78, 5) is 2.11. The standard InChI is InChI=1S/C13H16Cl2N2OS/c1-8-6-17(7-9(2)18-8)13(19)16-10-3-4-11(14)12(15)5-10/h3-5,8-9H,6-7H2,1-2H3,(H,16,19). The molecule has 1 aromatic rings. The fourth-order valence-electron chi connectivity index (χ4n) is 2.12. The summed E-state index contributed by atoms with van der Waals surface area (Å²) < 4.78 is 5.68. The molecule has 2 unspecified atom stereocenters. The average Bonchev–Trinajstić information content (AvgIpc) is 2.32. The first-order valence-corrected chi connectivity index (χ1v) is 7.28. The Bertz CT molecular complexity index is 474. The zero-order valence-electron chi connectivity index (χ0n) is 10.8. The Kier molecular flexibility index (Phi) is 4.90. The van der Waals surface area contributed by atoms with Gasteiger partial charge in [-0.25, -0.2) is 0 Å². The summed E-state index contributed by atoms with van der Waals surface area (Å²) in [5.41, 5.74) is 0.839. The third-order valence-corrected chi connectivity index (χ3v) is 3.98. The molecule has 1 heterocycles. The van der Waals surface area contributed by atoms with Crippen molar-refractivity contribution in [1.82, 2.24) is 4.90 Å². The molecule has 0 spiro atoms. The Morgan fingerprint density at radius 2 is 1.89 bits per heavy atom. The number of hydrogen-bond donors (Lipinski definition) is 1. The van der Waals surface area contributed by atoms with Gasteiger partial charge in [-0.05, 0) is 44.3 Å². The smallest absolute Gasteiger partial charge is 0.173 e. The molecule has 2 rings (SSSR count). The number of rotatable bonds is 1. The van der Waals surface area contributed by atoms with Gasteiger partial charge in [-0.15, -0.1) is 0 Å². The second-order valence-corrected chi connectivity index (χ2v) is 5.92. The van der Waals surface area contributed by atoms with Gasteiger partial charge in [0.25, 0.3) is 0 Å². The maximum Gasteiger partial charge on any atom is 0.173 e. The number of anilines is 1. The van der Waals surface area contributed by atoms with Crippen LogP contribution in [-0.2, 0) is 4.74 Å². The van der Waals surface area contributed by atoms with E-state index < -0.39 is 0 Å². The zero-order chi connectivity index (χ0) is 14.0. The van der Waals surface area contributed by atoms with Crippen LogP contribution in [0.15, 0.2) is 18.2 Å². The lowest BCUT2D eigenvalue weighted by molar-refractivity contribution is -0.0473. The van der Waals surface area contributed by atoms with Crippen molar-refractivity contribution in [2.75, 3.05) is 18.4 Å². The van der Waals surface area contributed by atoms with Crippen LogP contribution in [0.3, 0.4) is 0 Å². The van der Waals surface area contributed by atoms with Gasteiger partial charge < -0.3 is 15.0 Å². The molecule has 3 nitrogen and oxygen atoms in total. The number of nitrogens with zero attached hydrogens (tertiary/aromatic N) is 1. The lowest BCUT2D eigenvalue weighted by Crippen LogP contribution is -2.49. The van der Waals surface area contributed by atoms with Crippen LogP contribution in [0.25, 0.3) is 0 Å². The average molecular weight is 319 g/mol. The minimum absolute atomic E-state index is 0.178. The van der Waals surface area contributed by atoms with E-state index in [-0.39, 0.29) is 12.2 Å². The van der Waals surface area contributed by atoms with Crippen LogP contribution >= 0.6 is 35.4 Å². The molecule has 0 aliphatic carbocycles. The van der Waals surface area contributed by atoms with Crippen molar-refractivity contribution in [2.24, 2.45) is 0 Å². The molecule has 0 amide bonds. The monoisotopic (exact) mass is 318 g/mol. The Balaban J connectivity index is 2.02. The van der Waals surface area contributed by atoms with E-state index in [0.29, 0.717) is 15.2 Å². The van der Waals surface area contributed by atoms with Gasteiger partial charge >= 0.3 is 0 Å². The van der Waals surface area contributed by atoms with Crippen LogP contribution < -0.4 is 5.32 Å². The van der Waals surface area contributed by atoms with Crippen LogP contribution in [0.5, 0.6) is 0 Å². The molecule has 2 atom stereocenters. The molecule has 1 aromatic carbocycles. The van der Waals surface area contributed by atoms with Crippen LogP contribution in [0.1, 0.15) is 13.8 Å². The van der Waals surface area contributed by atoms with Gasteiger partial charge in [-0.3, -0.25) is 0 Å². The van der Waals surface area contributed by atoms with Crippen molar-refractivity contribution in [1.29, 1.82) is 0 Å². The third kappa shape index (κ3) is 3.96. The minimum Gasteiger partial charge on any atom is -0.372 e. The molecule has 0 aromatic heterocycles. The van der Waals surface area contributed by atoms with E-state index in [1.807, 2.05) is 19.9 Å². The van der Waals surface area contributed by atoms with Crippen molar-refractivity contribution < 1.29 is 4.74 Å². The molecule has 1 N–H and O–H groups in total. The highest BCUT2D eigenvalue weighted by molar-refractivity contribution is 7.80. The first-order valence-electron chi connectivity index (χ1n) is 6.12. The molecule has 6 heteroatoms. The normalized spacial score (nSPS) is 23.3. The maximum absolute atomic E-state index is 5.98. The van der Waals surface area contributed by atoms with Gasteiger partial charge in [-0.2, -0.15) is 0 Å². The van der Waals surface area contributed by atoms with Gasteiger partial charge in [0.05, 0.1) is 22.3 Å². The highest BCUT2D eigenvalue weighted by atomic mass is 35.5. The molecule has 0 radical (unpaired) electrons. The Labute approximate surface area is 128 Å². The number of hydrogen-bond acceptors (Lipinski definition) is 2. The highest BCUT2D eigenvalue weighted by Crippen LogP contribution is 2.25. The number of halogens is 2. The Hall–Kier alpha value is -0.550. The largest absolute Gasteiger partial charge is 0.372 e. The Morgan fingerprint density at radius 3 is 2.47 bits per heavy atom. The molecule has 1 aliphatic rings. The highest BCUT2D eigenvalue weighted by Gasteiger charge is 2.23. The molecule has 1 saturated heterocycles. The van der Waals surface area contributed by atoms with E-state index in [9.17, 15) is 0 Å². The topological polar surface area (TPSA) is 24.5 Å². The van der Waals surface area contributed by atoms with Crippen LogP contribution in [-0.4, -0.2) is 35.3 Å². The van der Waals surface area contributed by atoms with E-state index in [0.717, 1.165) is 18.8 Å². The van der Waals surface area contributed by atoms with E-state index in [2.05, 4.69) is 10.2 Å². The summed E-state index contributed by atoms with van der Waals surface area (Å²) in [6.07, 6.45) is 0.356. The molecular weight excluding hydrogens is 303 g/mol. The van der Waals surface area contributed by atoms with Gasteiger partial charge in [0.1, 0.15) is 0 Å². The molecule has 19 heavy (non-hydrogen) atoms. The first kappa shape index (κ1) is 14.9. The van der Waals surface area contributed by atoms with Crippen molar-refractivity contribution in [2.45, 2.75) is 26.1 Å². The predicted octanol–water partition coefficient (Wildman–Crippen LogP) is 3.80. The maximum atomic E-state index is 5.98. The van der Waals surface area contributed by atoms with Gasteiger partial charge in [0.15, 0.2) is 5.11 Å². The Morgan fingerprint density at radius 1 is 1.26 bits per heavy atom. The molecule has 1 fully saturated rings. The van der Waals surface area contributed by atoms with Gasteiger partial charge in [0, 0.05) is 18.8 Å². The van der Waals surface area contributed by atoms with Crippen LogP contribution in [0, 0.1) is 0 Å². The van der Waals surface area contributed by atoms with E-state index in [1.54, 1.807) is 12.1 Å². The van der Waals surface area contributed by atoms with Crippen LogP contribution in [0.2, 0.25) is 10.0 Å². The molecule has 1 aliphatic heterocycles. The fraction of sp³-hybridized carbons (Fsp3) is 0.462. The van der Waals surface area contributed by atoms with E-state index in [4.69, 9.17) is 40.2 Å². The van der Waals surface area contributed by atoms with Crippen molar-refractivity contribution in [3.05, 3.63) is 28.2 Å². The zero-order valence-corrected chi connectivity index (χ0v) is 13.1. The summed E-state index contributed by atoms with van der Waals surface area (Å²) >= 11 is 17.3.